The number of carbonyl (C=O) groups is 1. The van der Waals surface area contributed by atoms with Crippen molar-refractivity contribution in [3.63, 3.8) is 0 Å². The molecule has 3 aromatic rings. The van der Waals surface area contributed by atoms with Crippen molar-refractivity contribution in [2.75, 3.05) is 6.54 Å². The molecular weight excluding hydrogens is 418 g/mol. The van der Waals surface area contributed by atoms with E-state index in [0.29, 0.717) is 24.6 Å². The summed E-state index contributed by atoms with van der Waals surface area (Å²) in [6.07, 6.45) is 2.86. The van der Waals surface area contributed by atoms with E-state index in [0.717, 1.165) is 29.4 Å². The van der Waals surface area contributed by atoms with Crippen LogP contribution in [0.4, 0.5) is 0 Å². The number of likely N-dealkylation sites (tertiary alicyclic amines) is 1. The fourth-order valence-electron chi connectivity index (χ4n) is 3.65. The molecule has 0 spiro atoms. The zero-order valence-electron chi connectivity index (χ0n) is 15.8. The van der Waals surface area contributed by atoms with E-state index in [4.69, 9.17) is 4.42 Å². The average molecular weight is 440 g/mol. The highest BCUT2D eigenvalue weighted by atomic mass is 79.9. The summed E-state index contributed by atoms with van der Waals surface area (Å²) in [5, 5.41) is 8.23. The van der Waals surface area contributed by atoms with Crippen LogP contribution in [0.25, 0.3) is 11.5 Å². The summed E-state index contributed by atoms with van der Waals surface area (Å²) in [5.41, 5.74) is 3.25. The van der Waals surface area contributed by atoms with Crippen molar-refractivity contribution in [2.24, 2.45) is 0 Å². The van der Waals surface area contributed by atoms with Gasteiger partial charge in [-0.1, -0.05) is 45.8 Å². The molecule has 4 rings (SSSR count). The largest absolute Gasteiger partial charge is 0.421 e. The van der Waals surface area contributed by atoms with Gasteiger partial charge in [-0.25, -0.2) is 0 Å². The van der Waals surface area contributed by atoms with Crippen LogP contribution in [-0.2, 0) is 11.2 Å². The number of nitrogens with zero attached hydrogens (tertiary/aromatic N) is 3. The third kappa shape index (κ3) is 4.17. The van der Waals surface area contributed by atoms with Gasteiger partial charge in [0.15, 0.2) is 0 Å². The molecule has 1 amide bonds. The maximum atomic E-state index is 12.8. The van der Waals surface area contributed by atoms with Crippen LogP contribution in [0, 0.1) is 6.92 Å². The van der Waals surface area contributed by atoms with Gasteiger partial charge in [0.2, 0.25) is 17.7 Å². The number of aromatic nitrogens is 2. The van der Waals surface area contributed by atoms with E-state index in [1.807, 2.05) is 48.2 Å². The van der Waals surface area contributed by atoms with Gasteiger partial charge >= 0.3 is 0 Å². The van der Waals surface area contributed by atoms with Crippen molar-refractivity contribution in [1.82, 2.24) is 15.1 Å². The molecule has 28 heavy (non-hydrogen) atoms. The molecule has 1 fully saturated rings. The summed E-state index contributed by atoms with van der Waals surface area (Å²) in [6.45, 7) is 2.84. The van der Waals surface area contributed by atoms with Gasteiger partial charge < -0.3 is 9.32 Å². The van der Waals surface area contributed by atoms with Crippen molar-refractivity contribution in [3.8, 4) is 11.5 Å². The van der Waals surface area contributed by atoms with E-state index in [9.17, 15) is 4.79 Å². The molecule has 1 saturated heterocycles. The summed E-state index contributed by atoms with van der Waals surface area (Å²) >= 11 is 3.52. The summed E-state index contributed by atoms with van der Waals surface area (Å²) in [7, 11) is 0. The zero-order chi connectivity index (χ0) is 19.5. The Morgan fingerprint density at radius 3 is 2.82 bits per heavy atom. The number of hydrogen-bond acceptors (Lipinski definition) is 4. The molecule has 0 N–H and O–H groups in total. The monoisotopic (exact) mass is 439 g/mol. The molecule has 1 atom stereocenters. The molecule has 0 saturated carbocycles. The number of halogens is 1. The normalized spacial score (nSPS) is 16.5. The highest BCUT2D eigenvalue weighted by molar-refractivity contribution is 9.10. The van der Waals surface area contributed by atoms with Crippen molar-refractivity contribution < 1.29 is 9.21 Å². The number of amides is 1. The molecule has 5 nitrogen and oxygen atoms in total. The van der Waals surface area contributed by atoms with Gasteiger partial charge in [-0.2, -0.15) is 0 Å². The van der Waals surface area contributed by atoms with E-state index in [2.05, 4.69) is 38.3 Å². The highest BCUT2D eigenvalue weighted by Crippen LogP contribution is 2.33. The van der Waals surface area contributed by atoms with Crippen LogP contribution >= 0.6 is 15.9 Å². The van der Waals surface area contributed by atoms with Crippen LogP contribution < -0.4 is 0 Å². The van der Waals surface area contributed by atoms with Gasteiger partial charge in [0.1, 0.15) is 0 Å². The second-order valence-corrected chi connectivity index (χ2v) is 8.08. The van der Waals surface area contributed by atoms with E-state index < -0.39 is 0 Å². The topological polar surface area (TPSA) is 59.2 Å². The zero-order valence-corrected chi connectivity index (χ0v) is 17.4. The molecule has 0 bridgehead atoms. The number of aryl methyl sites for hydroxylation is 2. The van der Waals surface area contributed by atoms with Crippen LogP contribution in [0.2, 0.25) is 0 Å². The Bertz CT molecular complexity index is 968. The molecule has 0 aliphatic carbocycles. The number of benzene rings is 2. The summed E-state index contributed by atoms with van der Waals surface area (Å²) in [5.74, 6) is 1.13. The van der Waals surface area contributed by atoms with Crippen LogP contribution in [0.15, 0.2) is 57.4 Å². The Labute approximate surface area is 172 Å². The van der Waals surface area contributed by atoms with Crippen molar-refractivity contribution in [2.45, 2.75) is 38.6 Å². The molecule has 1 unspecified atom stereocenters. The Kier molecular flexibility index (Phi) is 5.57. The lowest BCUT2D eigenvalue weighted by Gasteiger charge is -2.25. The van der Waals surface area contributed by atoms with E-state index >= 15 is 0 Å². The van der Waals surface area contributed by atoms with Crippen LogP contribution in [0.1, 0.15) is 42.3 Å². The lowest BCUT2D eigenvalue weighted by Crippen LogP contribution is -2.30. The van der Waals surface area contributed by atoms with Gasteiger partial charge in [-0.15, -0.1) is 10.2 Å². The number of rotatable bonds is 5. The third-order valence-electron chi connectivity index (χ3n) is 5.12. The van der Waals surface area contributed by atoms with Gasteiger partial charge in [0.25, 0.3) is 0 Å². The summed E-state index contributed by atoms with van der Waals surface area (Å²) in [4.78, 5) is 14.8. The second-order valence-electron chi connectivity index (χ2n) is 7.17. The van der Waals surface area contributed by atoms with Gasteiger partial charge in [-0.3, -0.25) is 4.79 Å². The Morgan fingerprint density at radius 2 is 2.04 bits per heavy atom. The maximum Gasteiger partial charge on any atom is 0.247 e. The standard InChI is InChI=1S/C22H22BrN3O2/c1-15-7-9-16(10-8-15)22-25-24-20(28-22)11-12-21(27)26-13-3-6-19(26)17-4-2-5-18(23)14-17/h2,4-5,7-10,14,19H,3,6,11-13H2,1H3. The van der Waals surface area contributed by atoms with E-state index in [1.165, 1.54) is 11.1 Å². The first-order chi connectivity index (χ1) is 13.6. The fourth-order valence-corrected chi connectivity index (χ4v) is 4.07. The van der Waals surface area contributed by atoms with Gasteiger partial charge in [-0.05, 0) is 49.6 Å². The molecule has 0 radical (unpaired) electrons. The van der Waals surface area contributed by atoms with Crippen molar-refractivity contribution in [1.29, 1.82) is 0 Å². The minimum atomic E-state index is 0.137. The quantitative estimate of drug-likeness (QED) is 0.554. The summed E-state index contributed by atoms with van der Waals surface area (Å²) in [6, 6.07) is 16.3. The van der Waals surface area contributed by atoms with Gasteiger partial charge in [0.05, 0.1) is 6.04 Å². The SMILES string of the molecule is Cc1ccc(-c2nnc(CCC(=O)N3CCCC3c3cccc(Br)c3)o2)cc1. The third-order valence-corrected chi connectivity index (χ3v) is 5.62. The lowest BCUT2D eigenvalue weighted by atomic mass is 10.0. The Balaban J connectivity index is 1.39. The predicted molar refractivity (Wildman–Crippen MR) is 111 cm³/mol. The van der Waals surface area contributed by atoms with Crippen molar-refractivity contribution >= 4 is 21.8 Å². The van der Waals surface area contributed by atoms with Crippen LogP contribution in [0.5, 0.6) is 0 Å². The van der Waals surface area contributed by atoms with Crippen LogP contribution in [-0.4, -0.2) is 27.5 Å². The lowest BCUT2D eigenvalue weighted by molar-refractivity contribution is -0.132. The first kappa shape index (κ1) is 18.9. The van der Waals surface area contributed by atoms with E-state index in [-0.39, 0.29) is 11.9 Å². The average Bonchev–Trinajstić information content (AvgIpc) is 3.36. The van der Waals surface area contributed by atoms with Gasteiger partial charge in [0, 0.05) is 29.4 Å². The molecular formula is C22H22BrN3O2. The highest BCUT2D eigenvalue weighted by Gasteiger charge is 2.29. The first-order valence-corrected chi connectivity index (χ1v) is 10.3. The molecule has 2 aromatic carbocycles. The molecule has 2 heterocycles. The van der Waals surface area contributed by atoms with Crippen molar-refractivity contribution in [3.05, 3.63) is 70.0 Å². The Hall–Kier alpha value is -2.47. The minimum absolute atomic E-state index is 0.137. The fraction of sp³-hybridized carbons (Fsp3) is 0.318. The molecule has 1 aliphatic heterocycles. The van der Waals surface area contributed by atoms with Crippen LogP contribution in [0.3, 0.4) is 0 Å². The number of carbonyl (C=O) groups excluding carboxylic acids is 1. The number of hydrogen-bond donors (Lipinski definition) is 0. The Morgan fingerprint density at radius 1 is 1.21 bits per heavy atom. The smallest absolute Gasteiger partial charge is 0.247 e. The second kappa shape index (κ2) is 8.27. The molecule has 144 valence electrons. The maximum absolute atomic E-state index is 12.8. The summed E-state index contributed by atoms with van der Waals surface area (Å²) < 4.78 is 6.79. The molecule has 1 aromatic heterocycles. The predicted octanol–water partition coefficient (Wildman–Crippen LogP) is 5.10. The molecule has 6 heteroatoms. The first-order valence-electron chi connectivity index (χ1n) is 9.54. The molecule has 1 aliphatic rings. The minimum Gasteiger partial charge on any atom is -0.421 e. The van der Waals surface area contributed by atoms with E-state index in [1.54, 1.807) is 0 Å².